The highest BCUT2D eigenvalue weighted by atomic mass is 16.5. The molecular formula is C14H15NO3. The van der Waals surface area contributed by atoms with Crippen LogP contribution in [0.2, 0.25) is 0 Å². The Bertz CT molecular complexity index is 555. The summed E-state index contributed by atoms with van der Waals surface area (Å²) in [7, 11) is 1.62. The molecule has 2 rings (SSSR count). The molecule has 0 spiro atoms. The molecular weight excluding hydrogens is 230 g/mol. The number of furan rings is 1. The monoisotopic (exact) mass is 245 g/mol. The van der Waals surface area contributed by atoms with Crippen LogP contribution in [-0.4, -0.2) is 12.9 Å². The molecule has 0 fully saturated rings. The Balaban J connectivity index is 2.25. The van der Waals surface area contributed by atoms with Gasteiger partial charge in [0.15, 0.2) is 5.78 Å². The zero-order valence-electron chi connectivity index (χ0n) is 10.6. The van der Waals surface area contributed by atoms with Crippen molar-refractivity contribution in [1.82, 2.24) is 0 Å². The summed E-state index contributed by atoms with van der Waals surface area (Å²) in [4.78, 5) is 11.5. The highest BCUT2D eigenvalue weighted by molar-refractivity contribution is 6.00. The first-order valence-electron chi connectivity index (χ1n) is 5.62. The van der Waals surface area contributed by atoms with Crippen LogP contribution in [0.25, 0.3) is 0 Å². The van der Waals surface area contributed by atoms with E-state index in [4.69, 9.17) is 9.15 Å². The van der Waals surface area contributed by atoms with Crippen molar-refractivity contribution in [2.75, 3.05) is 12.4 Å². The predicted molar refractivity (Wildman–Crippen MR) is 69.7 cm³/mol. The zero-order valence-corrected chi connectivity index (χ0v) is 10.6. The maximum atomic E-state index is 11.5. The molecule has 0 atom stereocenters. The molecule has 0 radical (unpaired) electrons. The van der Waals surface area contributed by atoms with Gasteiger partial charge in [-0.2, -0.15) is 0 Å². The average molecular weight is 245 g/mol. The maximum absolute atomic E-state index is 11.5. The number of methoxy groups -OCH3 is 1. The topological polar surface area (TPSA) is 51.5 Å². The van der Waals surface area contributed by atoms with E-state index in [1.807, 2.05) is 31.2 Å². The predicted octanol–water partition coefficient (Wildman–Crippen LogP) is 3.54. The van der Waals surface area contributed by atoms with Crippen LogP contribution in [0.1, 0.15) is 22.8 Å². The van der Waals surface area contributed by atoms with Gasteiger partial charge in [-0.05, 0) is 38.1 Å². The first-order chi connectivity index (χ1) is 8.61. The molecule has 94 valence electrons. The summed E-state index contributed by atoms with van der Waals surface area (Å²) in [6.07, 6.45) is 1.57. The second-order valence-electron chi connectivity index (χ2n) is 4.03. The van der Waals surface area contributed by atoms with Gasteiger partial charge in [0.2, 0.25) is 5.88 Å². The quantitative estimate of drug-likeness (QED) is 0.837. The molecule has 0 bridgehead atoms. The van der Waals surface area contributed by atoms with Crippen LogP contribution in [0, 0.1) is 6.92 Å². The lowest BCUT2D eigenvalue weighted by molar-refractivity contribution is 0.101. The van der Waals surface area contributed by atoms with Crippen molar-refractivity contribution in [1.29, 1.82) is 0 Å². The van der Waals surface area contributed by atoms with Gasteiger partial charge >= 0.3 is 0 Å². The van der Waals surface area contributed by atoms with Crippen LogP contribution in [0.15, 0.2) is 34.9 Å². The van der Waals surface area contributed by atoms with Crippen LogP contribution in [0.5, 0.6) is 5.75 Å². The van der Waals surface area contributed by atoms with Gasteiger partial charge < -0.3 is 14.5 Å². The normalized spacial score (nSPS) is 10.2. The third-order valence-corrected chi connectivity index (χ3v) is 2.67. The van der Waals surface area contributed by atoms with Crippen molar-refractivity contribution in [3.05, 3.63) is 41.7 Å². The smallest absolute Gasteiger partial charge is 0.208 e. The third-order valence-electron chi connectivity index (χ3n) is 2.67. The Labute approximate surface area is 106 Å². The van der Waals surface area contributed by atoms with Crippen molar-refractivity contribution in [2.24, 2.45) is 0 Å². The van der Waals surface area contributed by atoms with Gasteiger partial charge in [-0.1, -0.05) is 0 Å². The lowest BCUT2D eigenvalue weighted by Gasteiger charge is -2.06. The van der Waals surface area contributed by atoms with E-state index >= 15 is 0 Å². The minimum absolute atomic E-state index is 0.0164. The van der Waals surface area contributed by atoms with E-state index < -0.39 is 0 Å². The molecule has 0 aliphatic rings. The Hall–Kier alpha value is -2.23. The number of ketones is 1. The summed E-state index contributed by atoms with van der Waals surface area (Å²) in [5.41, 5.74) is 2.26. The zero-order chi connectivity index (χ0) is 13.1. The van der Waals surface area contributed by atoms with Crippen LogP contribution in [-0.2, 0) is 0 Å². The summed E-state index contributed by atoms with van der Waals surface area (Å²) < 4.78 is 10.4. The fourth-order valence-electron chi connectivity index (χ4n) is 1.78. The standard InChI is InChI=1S/C14H15NO3/c1-9-8-18-14(13(9)10(2)16)15-11-4-6-12(17-3)7-5-11/h4-8,15H,1-3H3. The summed E-state index contributed by atoms with van der Waals surface area (Å²) in [5, 5.41) is 3.08. The molecule has 1 aromatic heterocycles. The highest BCUT2D eigenvalue weighted by Gasteiger charge is 2.15. The lowest BCUT2D eigenvalue weighted by atomic mass is 10.1. The van der Waals surface area contributed by atoms with E-state index in [0.29, 0.717) is 11.4 Å². The van der Waals surface area contributed by atoms with Gasteiger partial charge in [0.1, 0.15) is 5.75 Å². The van der Waals surface area contributed by atoms with Gasteiger partial charge in [-0.15, -0.1) is 0 Å². The molecule has 18 heavy (non-hydrogen) atoms. The fourth-order valence-corrected chi connectivity index (χ4v) is 1.78. The molecule has 2 aromatic rings. The molecule has 0 saturated carbocycles. The number of aryl methyl sites for hydroxylation is 1. The molecule has 4 nitrogen and oxygen atoms in total. The number of hydrogen-bond acceptors (Lipinski definition) is 4. The molecule has 4 heteroatoms. The molecule has 1 aromatic carbocycles. The molecule has 0 aliphatic carbocycles. The number of carbonyl (C=O) groups excluding carboxylic acids is 1. The first-order valence-corrected chi connectivity index (χ1v) is 5.62. The molecule has 0 aliphatic heterocycles. The number of carbonyl (C=O) groups is 1. The van der Waals surface area contributed by atoms with E-state index in [1.54, 1.807) is 13.4 Å². The van der Waals surface area contributed by atoms with E-state index in [1.165, 1.54) is 6.92 Å². The Morgan fingerprint density at radius 3 is 2.50 bits per heavy atom. The Kier molecular flexibility index (Phi) is 3.37. The highest BCUT2D eigenvalue weighted by Crippen LogP contribution is 2.26. The number of hydrogen-bond donors (Lipinski definition) is 1. The third kappa shape index (κ3) is 2.37. The molecule has 1 heterocycles. The minimum Gasteiger partial charge on any atom is -0.497 e. The molecule has 0 saturated heterocycles. The summed E-state index contributed by atoms with van der Waals surface area (Å²) in [6.45, 7) is 3.37. The number of benzene rings is 1. The van der Waals surface area contributed by atoms with E-state index in [9.17, 15) is 4.79 Å². The largest absolute Gasteiger partial charge is 0.497 e. The van der Waals surface area contributed by atoms with E-state index in [2.05, 4.69) is 5.32 Å². The summed E-state index contributed by atoms with van der Waals surface area (Å²) >= 11 is 0. The van der Waals surface area contributed by atoms with Crippen molar-refractivity contribution in [3.63, 3.8) is 0 Å². The second kappa shape index (κ2) is 4.96. The van der Waals surface area contributed by atoms with Crippen LogP contribution in [0.4, 0.5) is 11.6 Å². The van der Waals surface area contributed by atoms with E-state index in [-0.39, 0.29) is 5.78 Å². The van der Waals surface area contributed by atoms with Gasteiger partial charge in [-0.25, -0.2) is 0 Å². The number of ether oxygens (including phenoxy) is 1. The fraction of sp³-hybridized carbons (Fsp3) is 0.214. The number of anilines is 2. The van der Waals surface area contributed by atoms with Crippen LogP contribution >= 0.6 is 0 Å². The number of Topliss-reactive ketones (excluding diaryl/α,β-unsaturated/α-hetero) is 1. The second-order valence-corrected chi connectivity index (χ2v) is 4.03. The van der Waals surface area contributed by atoms with Crippen molar-refractivity contribution in [2.45, 2.75) is 13.8 Å². The Morgan fingerprint density at radius 2 is 1.94 bits per heavy atom. The lowest BCUT2D eigenvalue weighted by Crippen LogP contribution is -1.98. The van der Waals surface area contributed by atoms with Gasteiger partial charge in [-0.3, -0.25) is 4.79 Å². The summed E-state index contributed by atoms with van der Waals surface area (Å²) in [5.74, 6) is 1.24. The first kappa shape index (κ1) is 12.2. The van der Waals surface area contributed by atoms with E-state index in [0.717, 1.165) is 17.0 Å². The molecule has 1 N–H and O–H groups in total. The number of nitrogens with one attached hydrogen (secondary N) is 1. The van der Waals surface area contributed by atoms with Crippen LogP contribution in [0.3, 0.4) is 0 Å². The minimum atomic E-state index is -0.0164. The Morgan fingerprint density at radius 1 is 1.28 bits per heavy atom. The number of rotatable bonds is 4. The van der Waals surface area contributed by atoms with Gasteiger partial charge in [0.05, 0.1) is 18.9 Å². The average Bonchev–Trinajstić information content (AvgIpc) is 2.71. The maximum Gasteiger partial charge on any atom is 0.208 e. The van der Waals surface area contributed by atoms with Crippen LogP contribution < -0.4 is 10.1 Å². The van der Waals surface area contributed by atoms with Crippen molar-refractivity contribution < 1.29 is 13.9 Å². The molecule has 0 amide bonds. The SMILES string of the molecule is COc1ccc(Nc2occ(C)c2C(C)=O)cc1. The van der Waals surface area contributed by atoms with Gasteiger partial charge in [0, 0.05) is 11.3 Å². The molecule has 0 unspecified atom stereocenters. The van der Waals surface area contributed by atoms with Crippen molar-refractivity contribution in [3.8, 4) is 5.75 Å². The van der Waals surface area contributed by atoms with Crippen molar-refractivity contribution >= 4 is 17.4 Å². The summed E-state index contributed by atoms with van der Waals surface area (Å²) in [6, 6.07) is 7.40. The van der Waals surface area contributed by atoms with Gasteiger partial charge in [0.25, 0.3) is 0 Å².